The maximum Gasteiger partial charge on any atom is 0.157 e. The Morgan fingerprint density at radius 2 is 1.93 bits per heavy atom. The van der Waals surface area contributed by atoms with Crippen molar-refractivity contribution >= 4 is 17.0 Å². The van der Waals surface area contributed by atoms with Gasteiger partial charge in [0.05, 0.1) is 0 Å². The maximum atomic E-state index is 13.6. The number of benzene rings is 1. The molecule has 0 amide bonds. The molecule has 15 heavy (non-hydrogen) atoms. The van der Waals surface area contributed by atoms with Crippen LogP contribution in [0.4, 0.5) is 14.5 Å². The van der Waals surface area contributed by atoms with Gasteiger partial charge in [-0.1, -0.05) is 0 Å². The molecule has 1 heterocycles. The lowest BCUT2D eigenvalue weighted by Crippen LogP contribution is -1.97. The zero-order valence-electron chi connectivity index (χ0n) is 8.05. The van der Waals surface area contributed by atoms with E-state index in [4.69, 9.17) is 5.73 Å². The Bertz CT molecular complexity index is 505. The molecule has 0 saturated heterocycles. The number of hydrogen-bond acceptors (Lipinski definition) is 2. The van der Waals surface area contributed by atoms with Crippen LogP contribution in [-0.4, -0.2) is 0 Å². The second-order valence-corrected chi connectivity index (χ2v) is 4.17. The van der Waals surface area contributed by atoms with Gasteiger partial charge in [0, 0.05) is 10.4 Å². The molecule has 0 aliphatic rings. The molecular weight excluding hydrogens is 216 g/mol. The van der Waals surface area contributed by atoms with E-state index in [1.54, 1.807) is 0 Å². The van der Waals surface area contributed by atoms with E-state index in [0.717, 1.165) is 10.4 Å². The van der Waals surface area contributed by atoms with E-state index in [0.29, 0.717) is 5.56 Å². The summed E-state index contributed by atoms with van der Waals surface area (Å²) < 4.78 is 26.6. The minimum absolute atomic E-state index is 0.362. The van der Waals surface area contributed by atoms with E-state index >= 15 is 0 Å². The Balaban J connectivity index is 2.65. The van der Waals surface area contributed by atoms with Crippen LogP contribution in [0.25, 0.3) is 10.4 Å². The molecule has 0 saturated carbocycles. The molecule has 0 atom stereocenters. The summed E-state index contributed by atoms with van der Waals surface area (Å²) in [5.74, 6) is -1.40. The highest BCUT2D eigenvalue weighted by Gasteiger charge is 2.14. The molecular formula is C11H9F2NS. The molecule has 1 aromatic heterocycles. The number of halogens is 2. The number of nitrogens with two attached hydrogens (primary N) is 1. The quantitative estimate of drug-likeness (QED) is 0.737. The van der Waals surface area contributed by atoms with Crippen LogP contribution in [0, 0.1) is 18.6 Å². The molecule has 0 fully saturated rings. The summed E-state index contributed by atoms with van der Waals surface area (Å²) in [5, 5.41) is 1.86. The van der Waals surface area contributed by atoms with Crippen LogP contribution in [0.15, 0.2) is 23.6 Å². The smallest absolute Gasteiger partial charge is 0.157 e. The van der Waals surface area contributed by atoms with Gasteiger partial charge in [0.1, 0.15) is 11.5 Å². The number of thiophene rings is 1. The van der Waals surface area contributed by atoms with Crippen molar-refractivity contribution < 1.29 is 8.78 Å². The van der Waals surface area contributed by atoms with Crippen molar-refractivity contribution in [2.24, 2.45) is 0 Å². The van der Waals surface area contributed by atoms with E-state index in [9.17, 15) is 8.78 Å². The van der Waals surface area contributed by atoms with E-state index in [1.807, 2.05) is 18.4 Å². The topological polar surface area (TPSA) is 26.0 Å². The van der Waals surface area contributed by atoms with Gasteiger partial charge in [-0.05, 0) is 36.1 Å². The lowest BCUT2D eigenvalue weighted by Gasteiger charge is -2.05. The number of aryl methyl sites for hydroxylation is 1. The van der Waals surface area contributed by atoms with Gasteiger partial charge in [-0.25, -0.2) is 8.78 Å². The molecule has 0 unspecified atom stereocenters. The molecule has 0 bridgehead atoms. The first kappa shape index (κ1) is 10.1. The molecule has 1 aromatic carbocycles. The summed E-state index contributed by atoms with van der Waals surface area (Å²) >= 11 is 1.41. The van der Waals surface area contributed by atoms with Gasteiger partial charge in [0.15, 0.2) is 5.82 Å². The van der Waals surface area contributed by atoms with E-state index < -0.39 is 17.3 Å². The fraction of sp³-hybridized carbons (Fsp3) is 0.0909. The predicted octanol–water partition coefficient (Wildman–Crippen LogP) is 3.58. The minimum Gasteiger partial charge on any atom is -0.394 e. The van der Waals surface area contributed by atoms with E-state index in [2.05, 4.69) is 0 Å². The average molecular weight is 225 g/mol. The van der Waals surface area contributed by atoms with Crippen LogP contribution in [0.3, 0.4) is 0 Å². The highest BCUT2D eigenvalue weighted by Crippen LogP contribution is 2.33. The monoisotopic (exact) mass is 225 g/mol. The molecule has 2 rings (SSSR count). The Hall–Kier alpha value is -1.42. The fourth-order valence-corrected chi connectivity index (χ4v) is 2.34. The lowest BCUT2D eigenvalue weighted by atomic mass is 10.1. The summed E-state index contributed by atoms with van der Waals surface area (Å²) in [6, 6.07) is 4.49. The third kappa shape index (κ3) is 1.61. The number of hydrogen-bond donors (Lipinski definition) is 1. The largest absolute Gasteiger partial charge is 0.394 e. The van der Waals surface area contributed by atoms with Gasteiger partial charge in [0.2, 0.25) is 0 Å². The summed E-state index contributed by atoms with van der Waals surface area (Å²) in [5.41, 5.74) is 6.20. The summed E-state index contributed by atoms with van der Waals surface area (Å²) in [6.07, 6.45) is 0. The highest BCUT2D eigenvalue weighted by molar-refractivity contribution is 7.13. The molecule has 4 heteroatoms. The second kappa shape index (κ2) is 3.62. The molecule has 2 aromatic rings. The van der Waals surface area contributed by atoms with Gasteiger partial charge >= 0.3 is 0 Å². The van der Waals surface area contributed by atoms with Crippen molar-refractivity contribution in [3.63, 3.8) is 0 Å². The Morgan fingerprint density at radius 3 is 2.53 bits per heavy atom. The summed E-state index contributed by atoms with van der Waals surface area (Å²) in [7, 11) is 0. The van der Waals surface area contributed by atoms with Crippen LogP contribution in [0.5, 0.6) is 0 Å². The normalized spacial score (nSPS) is 10.6. The van der Waals surface area contributed by atoms with Gasteiger partial charge in [-0.2, -0.15) is 0 Å². The molecule has 0 radical (unpaired) electrons. The molecule has 1 nitrogen and oxygen atoms in total. The molecule has 78 valence electrons. The Labute approximate surface area is 90.2 Å². The zero-order valence-corrected chi connectivity index (χ0v) is 8.87. The Kier molecular flexibility index (Phi) is 2.44. The first-order valence-electron chi connectivity index (χ1n) is 4.39. The lowest BCUT2D eigenvalue weighted by molar-refractivity contribution is 0.594. The third-order valence-electron chi connectivity index (χ3n) is 2.23. The van der Waals surface area contributed by atoms with Crippen molar-refractivity contribution in [2.45, 2.75) is 6.92 Å². The fourth-order valence-electron chi connectivity index (χ4n) is 1.39. The summed E-state index contributed by atoms with van der Waals surface area (Å²) in [6.45, 7) is 1.88. The molecule has 0 aliphatic heterocycles. The predicted molar refractivity (Wildman–Crippen MR) is 58.8 cm³/mol. The van der Waals surface area contributed by atoms with Crippen LogP contribution in [0.2, 0.25) is 0 Å². The minimum atomic E-state index is -0.717. The van der Waals surface area contributed by atoms with Crippen molar-refractivity contribution in [2.75, 3.05) is 5.73 Å². The Morgan fingerprint density at radius 1 is 1.20 bits per heavy atom. The van der Waals surface area contributed by atoms with Gasteiger partial charge in [-0.15, -0.1) is 11.3 Å². The average Bonchev–Trinajstić information content (AvgIpc) is 2.62. The maximum absolute atomic E-state index is 13.6. The molecule has 0 spiro atoms. The third-order valence-corrected chi connectivity index (χ3v) is 3.28. The number of nitrogen functional groups attached to an aromatic ring is 1. The van der Waals surface area contributed by atoms with E-state index in [-0.39, 0.29) is 0 Å². The number of anilines is 1. The molecule has 2 N–H and O–H groups in total. The summed E-state index contributed by atoms with van der Waals surface area (Å²) in [4.78, 5) is 0.791. The van der Waals surface area contributed by atoms with Crippen LogP contribution in [0.1, 0.15) is 5.56 Å². The SMILES string of the molecule is Cc1ccsc1-c1ccc(F)c(N)c1F. The van der Waals surface area contributed by atoms with E-state index in [1.165, 1.54) is 23.5 Å². The van der Waals surface area contributed by atoms with Crippen molar-refractivity contribution in [3.8, 4) is 10.4 Å². The van der Waals surface area contributed by atoms with Crippen molar-refractivity contribution in [3.05, 3.63) is 40.8 Å². The van der Waals surface area contributed by atoms with Gasteiger partial charge in [0.25, 0.3) is 0 Å². The molecule has 0 aliphatic carbocycles. The van der Waals surface area contributed by atoms with Crippen molar-refractivity contribution in [1.82, 2.24) is 0 Å². The second-order valence-electron chi connectivity index (χ2n) is 3.26. The first-order valence-corrected chi connectivity index (χ1v) is 5.27. The van der Waals surface area contributed by atoms with Gasteiger partial charge < -0.3 is 5.73 Å². The first-order chi connectivity index (χ1) is 7.11. The van der Waals surface area contributed by atoms with Gasteiger partial charge in [-0.3, -0.25) is 0 Å². The van der Waals surface area contributed by atoms with Crippen LogP contribution >= 0.6 is 11.3 Å². The standard InChI is InChI=1S/C11H9F2NS/c1-6-4-5-15-11(6)7-2-3-8(12)10(14)9(7)13/h2-5H,14H2,1H3. The van der Waals surface area contributed by atoms with Crippen molar-refractivity contribution in [1.29, 1.82) is 0 Å². The number of rotatable bonds is 1. The zero-order chi connectivity index (χ0) is 11.0. The van der Waals surface area contributed by atoms with Crippen LogP contribution < -0.4 is 5.73 Å². The highest BCUT2D eigenvalue weighted by atomic mass is 32.1. The van der Waals surface area contributed by atoms with Crippen LogP contribution in [-0.2, 0) is 0 Å².